The Bertz CT molecular complexity index is 215. The fourth-order valence-corrected chi connectivity index (χ4v) is 1.57. The standard InChI is InChI=1S/C10H17NO3/c1-3-6-14-10(13)11-5-4-9(7-11)8(2)12/h3,8-9,12H,1,4-7H2,2H3. The number of hydrogen-bond acceptors (Lipinski definition) is 3. The van der Waals surface area contributed by atoms with Crippen LogP contribution < -0.4 is 0 Å². The van der Waals surface area contributed by atoms with Gasteiger partial charge in [0.2, 0.25) is 0 Å². The van der Waals surface area contributed by atoms with Crippen LogP contribution in [0.5, 0.6) is 0 Å². The van der Waals surface area contributed by atoms with Gasteiger partial charge in [0.25, 0.3) is 0 Å². The molecule has 0 aromatic heterocycles. The van der Waals surface area contributed by atoms with Gasteiger partial charge in [-0.25, -0.2) is 4.79 Å². The summed E-state index contributed by atoms with van der Waals surface area (Å²) in [5, 5.41) is 9.33. The summed E-state index contributed by atoms with van der Waals surface area (Å²) in [5.74, 6) is 0.186. The summed E-state index contributed by atoms with van der Waals surface area (Å²) >= 11 is 0. The lowest BCUT2D eigenvalue weighted by atomic mass is 10.0. The zero-order valence-corrected chi connectivity index (χ0v) is 8.48. The number of aliphatic hydroxyl groups excluding tert-OH is 1. The van der Waals surface area contributed by atoms with Crippen molar-refractivity contribution in [1.82, 2.24) is 4.90 Å². The number of likely N-dealkylation sites (tertiary alicyclic amines) is 1. The molecule has 4 nitrogen and oxygen atoms in total. The second-order valence-electron chi connectivity index (χ2n) is 3.60. The summed E-state index contributed by atoms with van der Waals surface area (Å²) in [6.45, 7) is 6.73. The third kappa shape index (κ3) is 2.73. The number of nitrogens with zero attached hydrogens (tertiary/aromatic N) is 1. The second kappa shape index (κ2) is 5.00. The number of amides is 1. The predicted molar refractivity (Wildman–Crippen MR) is 52.9 cm³/mol. The van der Waals surface area contributed by atoms with Gasteiger partial charge in [0.1, 0.15) is 6.61 Å². The highest BCUT2D eigenvalue weighted by Crippen LogP contribution is 2.19. The largest absolute Gasteiger partial charge is 0.445 e. The molecule has 0 bridgehead atoms. The maximum Gasteiger partial charge on any atom is 0.410 e. The van der Waals surface area contributed by atoms with E-state index < -0.39 is 0 Å². The van der Waals surface area contributed by atoms with Crippen LogP contribution in [0, 0.1) is 5.92 Å². The fraction of sp³-hybridized carbons (Fsp3) is 0.700. The van der Waals surface area contributed by atoms with Gasteiger partial charge in [-0.3, -0.25) is 0 Å². The molecule has 1 saturated heterocycles. The molecule has 4 heteroatoms. The van der Waals surface area contributed by atoms with Crippen molar-refractivity contribution in [2.45, 2.75) is 19.4 Å². The van der Waals surface area contributed by atoms with E-state index >= 15 is 0 Å². The Labute approximate surface area is 84.2 Å². The van der Waals surface area contributed by atoms with Crippen LogP contribution >= 0.6 is 0 Å². The lowest BCUT2D eigenvalue weighted by molar-refractivity contribution is 0.107. The first-order chi connectivity index (χ1) is 6.65. The van der Waals surface area contributed by atoms with Gasteiger partial charge < -0.3 is 14.7 Å². The van der Waals surface area contributed by atoms with Crippen LogP contribution in [-0.4, -0.2) is 41.9 Å². The van der Waals surface area contributed by atoms with Crippen molar-refractivity contribution in [3.8, 4) is 0 Å². The second-order valence-corrected chi connectivity index (χ2v) is 3.60. The maximum atomic E-state index is 11.3. The summed E-state index contributed by atoms with van der Waals surface area (Å²) < 4.78 is 4.89. The van der Waals surface area contributed by atoms with Gasteiger partial charge in [-0.05, 0) is 13.3 Å². The molecule has 1 aliphatic heterocycles. The quantitative estimate of drug-likeness (QED) is 0.690. The monoisotopic (exact) mass is 199 g/mol. The van der Waals surface area contributed by atoms with E-state index in [1.165, 1.54) is 0 Å². The van der Waals surface area contributed by atoms with Crippen LogP contribution in [0.3, 0.4) is 0 Å². The number of aliphatic hydroxyl groups is 1. The first-order valence-electron chi connectivity index (χ1n) is 4.85. The van der Waals surface area contributed by atoms with E-state index in [1.807, 2.05) is 0 Å². The van der Waals surface area contributed by atoms with Crippen molar-refractivity contribution in [3.05, 3.63) is 12.7 Å². The van der Waals surface area contributed by atoms with Crippen molar-refractivity contribution < 1.29 is 14.6 Å². The van der Waals surface area contributed by atoms with Gasteiger partial charge >= 0.3 is 6.09 Å². The van der Waals surface area contributed by atoms with Crippen molar-refractivity contribution in [1.29, 1.82) is 0 Å². The molecule has 0 radical (unpaired) electrons. The molecule has 1 rings (SSSR count). The summed E-state index contributed by atoms with van der Waals surface area (Å²) in [6.07, 6.45) is 1.72. The molecule has 80 valence electrons. The Morgan fingerprint density at radius 1 is 1.86 bits per heavy atom. The van der Waals surface area contributed by atoms with Crippen LogP contribution in [-0.2, 0) is 4.74 Å². The zero-order valence-electron chi connectivity index (χ0n) is 8.48. The molecule has 0 aromatic rings. The van der Waals surface area contributed by atoms with Crippen molar-refractivity contribution >= 4 is 6.09 Å². The van der Waals surface area contributed by atoms with Crippen molar-refractivity contribution in [2.75, 3.05) is 19.7 Å². The van der Waals surface area contributed by atoms with Gasteiger partial charge in [0.15, 0.2) is 0 Å². The molecule has 1 heterocycles. The minimum atomic E-state index is -0.354. The van der Waals surface area contributed by atoms with E-state index in [2.05, 4.69) is 6.58 Å². The van der Waals surface area contributed by atoms with Gasteiger partial charge in [-0.15, -0.1) is 0 Å². The van der Waals surface area contributed by atoms with E-state index in [1.54, 1.807) is 17.9 Å². The van der Waals surface area contributed by atoms with E-state index in [4.69, 9.17) is 4.74 Å². The third-order valence-corrected chi connectivity index (χ3v) is 2.49. The van der Waals surface area contributed by atoms with Crippen LogP contribution in [0.1, 0.15) is 13.3 Å². The normalized spacial score (nSPS) is 23.3. The van der Waals surface area contributed by atoms with Crippen LogP contribution in [0.15, 0.2) is 12.7 Å². The van der Waals surface area contributed by atoms with Crippen LogP contribution in [0.2, 0.25) is 0 Å². The van der Waals surface area contributed by atoms with Gasteiger partial charge in [-0.2, -0.15) is 0 Å². The van der Waals surface area contributed by atoms with Crippen molar-refractivity contribution in [2.24, 2.45) is 5.92 Å². The topological polar surface area (TPSA) is 49.8 Å². The summed E-state index contributed by atoms with van der Waals surface area (Å²) in [7, 11) is 0. The molecule has 0 aliphatic carbocycles. The highest BCUT2D eigenvalue weighted by atomic mass is 16.6. The molecule has 0 saturated carbocycles. The molecule has 1 amide bonds. The average molecular weight is 199 g/mol. The van der Waals surface area contributed by atoms with Crippen LogP contribution in [0.4, 0.5) is 4.79 Å². The van der Waals surface area contributed by atoms with E-state index in [9.17, 15) is 9.90 Å². The Balaban J connectivity index is 2.34. The molecule has 1 fully saturated rings. The van der Waals surface area contributed by atoms with E-state index in [0.717, 1.165) is 6.42 Å². The van der Waals surface area contributed by atoms with E-state index in [0.29, 0.717) is 13.1 Å². The molecule has 0 spiro atoms. The third-order valence-electron chi connectivity index (χ3n) is 2.49. The highest BCUT2D eigenvalue weighted by Gasteiger charge is 2.29. The average Bonchev–Trinajstić information content (AvgIpc) is 2.62. The minimum absolute atomic E-state index is 0.186. The van der Waals surface area contributed by atoms with Gasteiger partial charge in [0, 0.05) is 19.0 Å². The van der Waals surface area contributed by atoms with Gasteiger partial charge in [-0.1, -0.05) is 12.7 Å². The molecular formula is C10H17NO3. The summed E-state index contributed by atoms with van der Waals surface area (Å²) in [4.78, 5) is 13.0. The zero-order chi connectivity index (χ0) is 10.6. The number of carbonyl (C=O) groups is 1. The lowest BCUT2D eigenvalue weighted by Gasteiger charge is -2.16. The van der Waals surface area contributed by atoms with Crippen LogP contribution in [0.25, 0.3) is 0 Å². The maximum absolute atomic E-state index is 11.3. The number of carbonyl (C=O) groups excluding carboxylic acids is 1. The molecule has 0 aromatic carbocycles. The Morgan fingerprint density at radius 2 is 2.57 bits per heavy atom. The smallest absolute Gasteiger partial charge is 0.410 e. The lowest BCUT2D eigenvalue weighted by Crippen LogP contribution is -2.30. The SMILES string of the molecule is C=CCOC(=O)N1CCC(C(C)O)C1. The minimum Gasteiger partial charge on any atom is -0.445 e. The Kier molecular flexibility index (Phi) is 3.95. The number of hydrogen-bond donors (Lipinski definition) is 1. The van der Waals surface area contributed by atoms with E-state index in [-0.39, 0.29) is 24.7 Å². The molecule has 1 aliphatic rings. The molecule has 14 heavy (non-hydrogen) atoms. The number of rotatable bonds is 3. The molecular weight excluding hydrogens is 182 g/mol. The van der Waals surface area contributed by atoms with Gasteiger partial charge in [0.05, 0.1) is 6.10 Å². The summed E-state index contributed by atoms with van der Waals surface area (Å²) in [5.41, 5.74) is 0. The molecule has 1 N–H and O–H groups in total. The highest BCUT2D eigenvalue weighted by molar-refractivity contribution is 5.68. The Morgan fingerprint density at radius 3 is 3.07 bits per heavy atom. The Hall–Kier alpha value is -1.03. The predicted octanol–water partition coefficient (Wildman–Crippen LogP) is 1.01. The first-order valence-corrected chi connectivity index (χ1v) is 4.85. The molecule has 2 atom stereocenters. The first kappa shape index (κ1) is 11.0. The molecule has 2 unspecified atom stereocenters. The van der Waals surface area contributed by atoms with Crippen molar-refractivity contribution in [3.63, 3.8) is 0 Å². The number of ether oxygens (including phenoxy) is 1. The summed E-state index contributed by atoms with van der Waals surface area (Å²) in [6, 6.07) is 0. The fourth-order valence-electron chi connectivity index (χ4n) is 1.57.